The molecule has 0 spiro atoms. The SMILES string of the molecule is CC(C)(C#N)NC(=O)c1c(I)cccc1C(=O)Nc1ccc(C(C)(C(F)(F)F)C(F)(F)F)cc1.Cc1cc(C(C)(C(F)(F)F)C(F)(F)F)ccc1NC(=O)c1ccc(Cl)cc1C(=O)NC(C)(C)C#N.Cc1cc(C(C)(C(F)(F)F)C(F)(F)F)ccc1NC(=O)c1cccc(Cl)c1C(=O)NC(C)(C)C#N.Cc1cc(C(C)(C(F)(F)F)C(F)(F)F)ccc1NC(=O)c1cccc(I)c1C(=O)NC(C)(C)C#N. The van der Waals surface area contributed by atoms with Gasteiger partial charge in [-0.3, -0.25) is 38.4 Å². The van der Waals surface area contributed by atoms with Crippen LogP contribution in [0.3, 0.4) is 0 Å². The maximum absolute atomic E-state index is 13.4. The second-order valence-electron chi connectivity index (χ2n) is 33.4. The van der Waals surface area contributed by atoms with Gasteiger partial charge < -0.3 is 42.5 Å². The van der Waals surface area contributed by atoms with Crippen molar-refractivity contribution in [3.05, 3.63) is 252 Å². The van der Waals surface area contributed by atoms with Crippen molar-refractivity contribution in [1.82, 2.24) is 21.3 Å². The highest BCUT2D eigenvalue weighted by Gasteiger charge is 2.72. The van der Waals surface area contributed by atoms with E-state index in [-0.39, 0.29) is 122 Å². The Hall–Kier alpha value is -12.2. The smallest absolute Gasteiger partial charge is 0.334 e. The van der Waals surface area contributed by atoms with Crippen LogP contribution in [0.1, 0.15) is 205 Å². The van der Waals surface area contributed by atoms with Crippen LogP contribution in [-0.2, 0) is 21.7 Å². The van der Waals surface area contributed by atoms with Crippen molar-refractivity contribution in [2.24, 2.45) is 0 Å². The van der Waals surface area contributed by atoms with E-state index in [1.807, 2.05) is 69.5 Å². The summed E-state index contributed by atoms with van der Waals surface area (Å²) < 4.78 is 321. The van der Waals surface area contributed by atoms with Crippen molar-refractivity contribution in [1.29, 1.82) is 21.0 Å². The Balaban J connectivity index is 0.000000327. The van der Waals surface area contributed by atoms with Gasteiger partial charge in [0.05, 0.1) is 73.8 Å². The molecule has 8 aromatic carbocycles. The second-order valence-corrected chi connectivity index (χ2v) is 36.6. The van der Waals surface area contributed by atoms with Gasteiger partial charge in [0, 0.05) is 34.9 Å². The molecule has 139 heavy (non-hydrogen) atoms. The van der Waals surface area contributed by atoms with Crippen molar-refractivity contribution in [2.45, 2.75) is 197 Å². The Bertz CT molecular complexity index is 5980. The number of carbonyl (C=O) groups excluding carboxylic acids is 8. The van der Waals surface area contributed by atoms with Crippen LogP contribution in [0.5, 0.6) is 0 Å². The predicted octanol–water partition coefficient (Wildman–Crippen LogP) is 24.9. The Morgan fingerprint density at radius 1 is 0.273 bits per heavy atom. The largest absolute Gasteiger partial charge is 0.406 e. The molecule has 8 amide bonds. The number of rotatable bonds is 20. The minimum absolute atomic E-state index is 0.0342. The van der Waals surface area contributed by atoms with Crippen LogP contribution >= 0.6 is 68.4 Å². The highest BCUT2D eigenvalue weighted by Crippen LogP contribution is 2.57. The number of nitrogens with zero attached hydrogens (tertiary/aromatic N) is 4. The minimum atomic E-state index is -5.62. The van der Waals surface area contributed by atoms with E-state index in [0.29, 0.717) is 55.7 Å². The molecule has 0 atom stereocenters. The molecule has 20 nitrogen and oxygen atoms in total. The molecule has 0 aliphatic heterocycles. The molecule has 0 fully saturated rings. The molecule has 8 N–H and O–H groups in total. The number of halogens is 28. The van der Waals surface area contributed by atoms with Crippen molar-refractivity contribution < 1.29 is 144 Å². The first-order valence-electron chi connectivity index (χ1n) is 39.3. The number of benzene rings is 8. The summed E-state index contributed by atoms with van der Waals surface area (Å²) in [5.74, 6) is -6.42. The Morgan fingerprint density at radius 3 is 0.799 bits per heavy atom. The van der Waals surface area contributed by atoms with Gasteiger partial charge in [0.15, 0.2) is 21.7 Å². The van der Waals surface area contributed by atoms with Crippen molar-refractivity contribution in [2.75, 3.05) is 21.3 Å². The first-order chi connectivity index (χ1) is 63.0. The number of amides is 8. The van der Waals surface area contributed by atoms with E-state index >= 15 is 0 Å². The third-order valence-corrected chi connectivity index (χ3v) is 23.5. The van der Waals surface area contributed by atoms with Gasteiger partial charge in [-0.2, -0.15) is 126 Å². The molecule has 0 bridgehead atoms. The maximum atomic E-state index is 13.4. The van der Waals surface area contributed by atoms with Crippen LogP contribution in [0.2, 0.25) is 10.0 Å². The molecule has 0 saturated carbocycles. The molecule has 0 radical (unpaired) electrons. The molecule has 0 aliphatic carbocycles. The Morgan fingerprint density at radius 2 is 0.518 bits per heavy atom. The summed E-state index contributed by atoms with van der Waals surface area (Å²) in [6.45, 7) is 15.4. The first kappa shape index (κ1) is 117. The fourth-order valence-corrected chi connectivity index (χ4v) is 14.1. The van der Waals surface area contributed by atoms with Crippen LogP contribution < -0.4 is 42.5 Å². The summed E-state index contributed by atoms with van der Waals surface area (Å²) in [5.41, 5.74) is -27.2. The van der Waals surface area contributed by atoms with E-state index in [0.717, 1.165) is 30.3 Å². The lowest BCUT2D eigenvalue weighted by molar-refractivity contribution is -0.298. The quantitative estimate of drug-likeness (QED) is 0.0261. The number of nitriles is 4. The van der Waals surface area contributed by atoms with Crippen LogP contribution in [0.25, 0.3) is 0 Å². The molecule has 48 heteroatoms. The summed E-state index contributed by atoms with van der Waals surface area (Å²) in [6, 6.07) is 33.9. The van der Waals surface area contributed by atoms with Crippen molar-refractivity contribution in [3.63, 3.8) is 0 Å². The number of anilines is 4. The van der Waals surface area contributed by atoms with Crippen LogP contribution in [0.15, 0.2) is 152 Å². The number of hydrogen-bond acceptors (Lipinski definition) is 12. The summed E-state index contributed by atoms with van der Waals surface area (Å²) >= 11 is 15.7. The fraction of sp³-hybridized carbons (Fsp3) is 0.341. The van der Waals surface area contributed by atoms with Gasteiger partial charge in [0.25, 0.3) is 47.3 Å². The standard InChI is InChI=1S/2C23H20ClF6N3O2.C23H20F6IN3O2.C22H18F6IN3O2/c1-12-9-13(21(4,22(25,26)27)23(28,29)30)5-8-17(12)32-18(34)15-7-6-14(24)10-16(15)19(35)33-20(2,3)11-31;1-12-10-13(21(4,22(25,26)27)23(28,29)30)8-9-16(12)32-18(34)14-6-5-7-15(24)17(14)19(35)33-20(2,3)11-31;1-12-10-13(21(4,22(24,25)26)23(27,28)29)8-9-16(12)32-18(34)14-6-5-7-15(30)17(14)19(35)33-20(2,3)11-31;1-19(2,11-30)32-18(34)16-14(5-4-6-15(16)29)17(33)31-13-9-7-12(8-10-13)20(3,21(23,24)25)22(26,27)28/h3*5-10H,1-4H3,(H,32,34)(H,33,35);4-10H,1-3H3,(H,31,33)(H,32,34). The minimum Gasteiger partial charge on any atom is -0.334 e. The van der Waals surface area contributed by atoms with E-state index in [1.54, 1.807) is 12.1 Å². The van der Waals surface area contributed by atoms with Crippen LogP contribution in [-0.4, -0.2) is 119 Å². The van der Waals surface area contributed by atoms with E-state index in [2.05, 4.69) is 42.5 Å². The predicted molar refractivity (Wildman–Crippen MR) is 479 cm³/mol. The second kappa shape index (κ2) is 42.9. The summed E-state index contributed by atoms with van der Waals surface area (Å²) in [7, 11) is 0. The van der Waals surface area contributed by atoms with E-state index in [4.69, 9.17) is 44.2 Å². The zero-order valence-electron chi connectivity index (χ0n) is 74.6. The number of nitrogens with one attached hydrogen (secondary N) is 8. The fourth-order valence-electron chi connectivity index (χ4n) is 12.2. The van der Waals surface area contributed by atoms with Crippen molar-refractivity contribution >= 4 is 138 Å². The molecular formula is C91H78Cl2F24I2N12O8. The van der Waals surface area contributed by atoms with E-state index in [1.165, 1.54) is 137 Å². The highest BCUT2D eigenvalue weighted by molar-refractivity contribution is 14.1. The van der Waals surface area contributed by atoms with Gasteiger partial charge >= 0.3 is 49.4 Å². The van der Waals surface area contributed by atoms with Gasteiger partial charge in [0.2, 0.25) is 0 Å². The Labute approximate surface area is 814 Å². The molecular weight excluding hydrogens is 2170 g/mol. The number of carbonyl (C=O) groups is 8. The van der Waals surface area contributed by atoms with E-state index < -0.39 is 163 Å². The zero-order chi connectivity index (χ0) is 107. The molecule has 0 heterocycles. The van der Waals surface area contributed by atoms with Crippen LogP contribution in [0.4, 0.5) is 128 Å². The van der Waals surface area contributed by atoms with Gasteiger partial charge in [-0.1, -0.05) is 89.9 Å². The molecule has 8 aromatic rings. The lowest BCUT2D eigenvalue weighted by Crippen LogP contribution is -2.51. The third kappa shape index (κ3) is 26.9. The normalized spacial score (nSPS) is 12.6. The molecule has 0 aliphatic rings. The van der Waals surface area contributed by atoms with Gasteiger partial charge in [-0.25, -0.2) is 0 Å². The summed E-state index contributed by atoms with van der Waals surface area (Å²) in [4.78, 5) is 102. The van der Waals surface area contributed by atoms with Gasteiger partial charge in [0.1, 0.15) is 22.2 Å². The highest BCUT2D eigenvalue weighted by atomic mass is 127. The number of hydrogen-bond donors (Lipinski definition) is 8. The summed E-state index contributed by atoms with van der Waals surface area (Å²) in [6.07, 6.45) is -44.9. The van der Waals surface area contributed by atoms with Crippen LogP contribution in [0, 0.1) is 73.2 Å². The molecule has 746 valence electrons. The van der Waals surface area contributed by atoms with Gasteiger partial charge in [-0.05, 0) is 273 Å². The average Bonchev–Trinajstić information content (AvgIpc) is 0.750. The molecule has 8 rings (SSSR count). The average molecular weight is 2250 g/mol. The molecule has 0 saturated heterocycles. The Kier molecular flexibility index (Phi) is 36.2. The lowest BCUT2D eigenvalue weighted by atomic mass is 9.80. The third-order valence-electron chi connectivity index (χ3n) is 21.2. The monoisotopic (exact) mass is 2250 g/mol. The van der Waals surface area contributed by atoms with Gasteiger partial charge in [-0.15, -0.1) is 0 Å². The lowest BCUT2D eigenvalue weighted by Gasteiger charge is -2.34. The number of alkyl halides is 24. The summed E-state index contributed by atoms with van der Waals surface area (Å²) in [5, 5.41) is 55.9. The zero-order valence-corrected chi connectivity index (χ0v) is 80.4. The molecule has 0 aromatic heterocycles. The topological polar surface area (TPSA) is 328 Å². The van der Waals surface area contributed by atoms with E-state index in [9.17, 15) is 144 Å². The number of aryl methyl sites for hydroxylation is 3. The maximum Gasteiger partial charge on any atom is 0.406 e. The first-order valence-corrected chi connectivity index (χ1v) is 42.2. The molecule has 0 unspecified atom stereocenters. The van der Waals surface area contributed by atoms with Crippen molar-refractivity contribution in [3.8, 4) is 24.3 Å².